The van der Waals surface area contributed by atoms with Gasteiger partial charge in [0.2, 0.25) is 0 Å². The van der Waals surface area contributed by atoms with Crippen LogP contribution >= 0.6 is 11.6 Å². The van der Waals surface area contributed by atoms with E-state index in [9.17, 15) is 5.11 Å². The number of phenolic OH excluding ortho intramolecular Hbond substituents is 1. The molecule has 1 heterocycles. The summed E-state index contributed by atoms with van der Waals surface area (Å²) in [5.74, 6) is 0.211. The number of halogens is 1. The first-order chi connectivity index (χ1) is 5.62. The first kappa shape index (κ1) is 7.90. The fourth-order valence-corrected chi connectivity index (χ4v) is 1.39. The maximum atomic E-state index is 9.50. The van der Waals surface area contributed by atoms with Gasteiger partial charge in [0.05, 0.1) is 6.61 Å². The summed E-state index contributed by atoms with van der Waals surface area (Å²) in [7, 11) is 0. The first-order valence-electron chi connectivity index (χ1n) is 3.75. The molecule has 1 unspecified atom stereocenters. The van der Waals surface area contributed by atoms with Crippen LogP contribution in [-0.2, 0) is 9.80 Å². The van der Waals surface area contributed by atoms with Crippen LogP contribution < -0.4 is 0 Å². The monoisotopic (exact) mass is 184 g/mol. The molecule has 1 N–H and O–H groups in total. The number of benzene rings is 1. The number of aryl methyl sites for hydroxylation is 1. The summed E-state index contributed by atoms with van der Waals surface area (Å²) in [6.07, 6.45) is 0. The van der Waals surface area contributed by atoms with Crippen molar-refractivity contribution in [1.29, 1.82) is 0 Å². The summed E-state index contributed by atoms with van der Waals surface area (Å²) in [5, 5.41) is 8.75. The van der Waals surface area contributed by atoms with Crippen molar-refractivity contribution in [1.82, 2.24) is 0 Å². The molecule has 0 bridgehead atoms. The minimum absolute atomic E-state index is 0.211. The number of epoxide rings is 1. The molecule has 2 nitrogen and oxygen atoms in total. The van der Waals surface area contributed by atoms with E-state index >= 15 is 0 Å². The average molecular weight is 185 g/mol. The highest BCUT2D eigenvalue weighted by atomic mass is 35.5. The van der Waals surface area contributed by atoms with Crippen molar-refractivity contribution in [3.8, 4) is 5.75 Å². The second kappa shape index (κ2) is 2.38. The van der Waals surface area contributed by atoms with E-state index in [2.05, 4.69) is 0 Å². The van der Waals surface area contributed by atoms with Crippen molar-refractivity contribution in [3.05, 3.63) is 29.3 Å². The van der Waals surface area contributed by atoms with Gasteiger partial charge >= 0.3 is 0 Å². The van der Waals surface area contributed by atoms with Crippen LogP contribution in [0.15, 0.2) is 18.2 Å². The van der Waals surface area contributed by atoms with E-state index in [1.807, 2.05) is 13.0 Å². The molecule has 3 heteroatoms. The number of rotatable bonds is 1. The summed E-state index contributed by atoms with van der Waals surface area (Å²) in [6.45, 7) is 2.39. The van der Waals surface area contributed by atoms with Crippen LogP contribution in [0.3, 0.4) is 0 Å². The lowest BCUT2D eigenvalue weighted by molar-refractivity contribution is 0.373. The van der Waals surface area contributed by atoms with Gasteiger partial charge in [-0.05, 0) is 18.6 Å². The molecule has 12 heavy (non-hydrogen) atoms. The standard InChI is InChI=1S/C9H9ClO2/c1-6-2-3-7(8(11)4-6)9(10)5-12-9/h2-4,11H,5H2,1H3. The predicted octanol–water partition coefficient (Wildman–Crippen LogP) is 2.12. The Kier molecular flexibility index (Phi) is 1.56. The number of phenols is 1. The Labute approximate surface area is 75.7 Å². The number of hydrogen-bond donors (Lipinski definition) is 1. The Morgan fingerprint density at radius 3 is 2.75 bits per heavy atom. The zero-order valence-electron chi connectivity index (χ0n) is 6.67. The number of alkyl halides is 1. The summed E-state index contributed by atoms with van der Waals surface area (Å²) in [6, 6.07) is 5.38. The zero-order valence-corrected chi connectivity index (χ0v) is 7.43. The van der Waals surface area contributed by atoms with Crippen LogP contribution in [0.2, 0.25) is 0 Å². The van der Waals surface area contributed by atoms with Gasteiger partial charge in [-0.15, -0.1) is 0 Å². The lowest BCUT2D eigenvalue weighted by Gasteiger charge is -2.06. The Hall–Kier alpha value is -0.730. The normalized spacial score (nSPS) is 27.2. The highest BCUT2D eigenvalue weighted by Gasteiger charge is 2.46. The number of hydrogen-bond acceptors (Lipinski definition) is 2. The molecule has 0 saturated carbocycles. The summed E-state index contributed by atoms with van der Waals surface area (Å²) < 4.78 is 5.01. The zero-order chi connectivity index (χ0) is 8.77. The molecule has 1 fully saturated rings. The minimum Gasteiger partial charge on any atom is -0.507 e. The van der Waals surface area contributed by atoms with Gasteiger partial charge < -0.3 is 9.84 Å². The van der Waals surface area contributed by atoms with Gasteiger partial charge in [-0.3, -0.25) is 0 Å². The Bertz CT molecular complexity index is 318. The maximum Gasteiger partial charge on any atom is 0.194 e. The van der Waals surface area contributed by atoms with E-state index in [-0.39, 0.29) is 5.75 Å². The smallest absolute Gasteiger partial charge is 0.194 e. The van der Waals surface area contributed by atoms with Crippen LogP contribution in [0.1, 0.15) is 11.1 Å². The maximum absolute atomic E-state index is 9.50. The van der Waals surface area contributed by atoms with Crippen molar-refractivity contribution < 1.29 is 9.84 Å². The largest absolute Gasteiger partial charge is 0.507 e. The first-order valence-corrected chi connectivity index (χ1v) is 4.12. The summed E-state index contributed by atoms with van der Waals surface area (Å²) in [5.41, 5.74) is 1.67. The van der Waals surface area contributed by atoms with Crippen molar-refractivity contribution in [2.45, 2.75) is 12.0 Å². The lowest BCUT2D eigenvalue weighted by atomic mass is 10.1. The quantitative estimate of drug-likeness (QED) is 0.536. The molecule has 0 aliphatic carbocycles. The van der Waals surface area contributed by atoms with Crippen LogP contribution in [0.4, 0.5) is 0 Å². The van der Waals surface area contributed by atoms with Gasteiger partial charge in [0.25, 0.3) is 0 Å². The molecular formula is C9H9ClO2. The van der Waals surface area contributed by atoms with Crippen molar-refractivity contribution in [2.24, 2.45) is 0 Å². The fourth-order valence-electron chi connectivity index (χ4n) is 1.18. The van der Waals surface area contributed by atoms with E-state index in [1.54, 1.807) is 12.1 Å². The lowest BCUT2D eigenvalue weighted by Crippen LogP contribution is -1.98. The van der Waals surface area contributed by atoms with Gasteiger partial charge in [0.15, 0.2) is 5.06 Å². The molecular weight excluding hydrogens is 176 g/mol. The molecule has 1 saturated heterocycles. The van der Waals surface area contributed by atoms with Gasteiger partial charge in [0, 0.05) is 5.56 Å². The van der Waals surface area contributed by atoms with Crippen molar-refractivity contribution in [2.75, 3.05) is 6.61 Å². The Balaban J connectivity index is 2.45. The van der Waals surface area contributed by atoms with Crippen LogP contribution in [0.25, 0.3) is 0 Å². The van der Waals surface area contributed by atoms with Crippen LogP contribution in [0.5, 0.6) is 5.75 Å². The topological polar surface area (TPSA) is 32.8 Å². The average Bonchev–Trinajstić information content (AvgIpc) is 2.68. The molecule has 0 spiro atoms. The van der Waals surface area contributed by atoms with Gasteiger partial charge in [-0.1, -0.05) is 23.7 Å². The molecule has 0 radical (unpaired) electrons. The van der Waals surface area contributed by atoms with Crippen molar-refractivity contribution in [3.63, 3.8) is 0 Å². The third-order valence-electron chi connectivity index (χ3n) is 1.95. The Morgan fingerprint density at radius 1 is 1.58 bits per heavy atom. The minimum atomic E-state index is -0.752. The van der Waals surface area contributed by atoms with E-state index in [4.69, 9.17) is 16.3 Å². The second-order valence-corrected chi connectivity index (χ2v) is 3.65. The molecule has 0 aromatic heterocycles. The summed E-state index contributed by atoms with van der Waals surface area (Å²) >= 11 is 5.95. The van der Waals surface area contributed by atoms with E-state index in [0.29, 0.717) is 12.2 Å². The molecule has 2 rings (SSSR count). The molecule has 1 aliphatic heterocycles. The molecule has 64 valence electrons. The highest BCUT2D eigenvalue weighted by Crippen LogP contribution is 2.46. The van der Waals surface area contributed by atoms with Crippen molar-refractivity contribution >= 4 is 11.6 Å². The van der Waals surface area contributed by atoms with E-state index < -0.39 is 5.06 Å². The van der Waals surface area contributed by atoms with Gasteiger partial charge in [-0.2, -0.15) is 0 Å². The van der Waals surface area contributed by atoms with Gasteiger partial charge in [0.1, 0.15) is 5.75 Å². The highest BCUT2D eigenvalue weighted by molar-refractivity contribution is 6.24. The third kappa shape index (κ3) is 1.17. The molecule has 0 amide bonds. The summed E-state index contributed by atoms with van der Waals surface area (Å²) in [4.78, 5) is 0. The predicted molar refractivity (Wildman–Crippen MR) is 46.3 cm³/mol. The molecule has 1 aromatic carbocycles. The molecule has 1 aromatic rings. The van der Waals surface area contributed by atoms with E-state index in [1.165, 1.54) is 0 Å². The number of ether oxygens (including phenoxy) is 1. The molecule has 1 aliphatic rings. The van der Waals surface area contributed by atoms with Crippen LogP contribution in [0, 0.1) is 6.92 Å². The van der Waals surface area contributed by atoms with E-state index in [0.717, 1.165) is 5.56 Å². The Morgan fingerprint density at radius 2 is 2.25 bits per heavy atom. The molecule has 1 atom stereocenters. The van der Waals surface area contributed by atoms with Crippen LogP contribution in [-0.4, -0.2) is 11.7 Å². The third-order valence-corrected chi connectivity index (χ3v) is 2.38. The second-order valence-electron chi connectivity index (χ2n) is 3.04. The SMILES string of the molecule is Cc1ccc(C2(Cl)CO2)c(O)c1. The van der Waals surface area contributed by atoms with Gasteiger partial charge in [-0.25, -0.2) is 0 Å². The number of aromatic hydroxyl groups is 1. The fraction of sp³-hybridized carbons (Fsp3) is 0.333.